The van der Waals surface area contributed by atoms with E-state index in [1.807, 2.05) is 17.0 Å². The number of carbonyl (C=O) groups is 1. The van der Waals surface area contributed by atoms with E-state index in [4.69, 9.17) is 9.47 Å². The van der Waals surface area contributed by atoms with Crippen LogP contribution in [0.1, 0.15) is 51.0 Å². The van der Waals surface area contributed by atoms with Crippen LogP contribution in [0, 0.1) is 23.2 Å². The van der Waals surface area contributed by atoms with E-state index in [1.165, 1.54) is 38.5 Å². The van der Waals surface area contributed by atoms with Crippen molar-refractivity contribution >= 4 is 18.3 Å². The average molecular weight is 449 g/mol. The van der Waals surface area contributed by atoms with Crippen LogP contribution < -0.4 is 10.1 Å². The molecule has 1 unspecified atom stereocenters. The number of hydrogen-bond acceptors (Lipinski definition) is 4. The van der Waals surface area contributed by atoms with E-state index in [2.05, 4.69) is 24.4 Å². The lowest BCUT2D eigenvalue weighted by Crippen LogP contribution is -2.54. The van der Waals surface area contributed by atoms with Crippen LogP contribution in [0.5, 0.6) is 5.75 Å². The highest BCUT2D eigenvalue weighted by Crippen LogP contribution is 2.61. The molecular formula is C25H37ClN2O3. The van der Waals surface area contributed by atoms with E-state index in [0.717, 1.165) is 35.6 Å². The number of halogens is 1. The summed E-state index contributed by atoms with van der Waals surface area (Å²) in [5.41, 5.74) is 1.64. The number of amides is 1. The topological polar surface area (TPSA) is 50.8 Å². The minimum absolute atomic E-state index is 0. The molecule has 0 aromatic heterocycles. The van der Waals surface area contributed by atoms with Crippen molar-refractivity contribution in [2.45, 2.75) is 58.0 Å². The van der Waals surface area contributed by atoms with Crippen LogP contribution >= 0.6 is 12.4 Å². The van der Waals surface area contributed by atoms with Crippen LogP contribution in [0.4, 0.5) is 0 Å². The van der Waals surface area contributed by atoms with E-state index in [-0.39, 0.29) is 24.9 Å². The summed E-state index contributed by atoms with van der Waals surface area (Å²) in [5.74, 6) is 3.79. The van der Waals surface area contributed by atoms with Crippen LogP contribution in [-0.4, -0.2) is 49.8 Å². The van der Waals surface area contributed by atoms with Crippen molar-refractivity contribution in [3.05, 3.63) is 29.8 Å². The average Bonchev–Trinajstić information content (AvgIpc) is 2.76. The Kier molecular flexibility index (Phi) is 7.14. The van der Waals surface area contributed by atoms with E-state index >= 15 is 0 Å². The summed E-state index contributed by atoms with van der Waals surface area (Å²) in [6, 6.07) is 8.67. The number of rotatable bonds is 7. The highest BCUT2D eigenvalue weighted by Gasteiger charge is 2.52. The van der Waals surface area contributed by atoms with Gasteiger partial charge in [-0.2, -0.15) is 0 Å². The largest absolute Gasteiger partial charge is 0.483 e. The summed E-state index contributed by atoms with van der Waals surface area (Å²) in [6.07, 6.45) is 8.71. The Balaban J connectivity index is 0.00000231. The van der Waals surface area contributed by atoms with Gasteiger partial charge in [0, 0.05) is 31.2 Å². The number of carbonyl (C=O) groups excluding carboxylic acids is 1. The van der Waals surface area contributed by atoms with Crippen molar-refractivity contribution in [1.29, 1.82) is 0 Å². The van der Waals surface area contributed by atoms with Crippen molar-refractivity contribution in [3.8, 4) is 5.75 Å². The monoisotopic (exact) mass is 448 g/mol. The first-order valence-electron chi connectivity index (χ1n) is 11.9. The Bertz CT molecular complexity index is 730. The lowest BCUT2D eigenvalue weighted by atomic mass is 9.48. The molecule has 1 saturated heterocycles. The minimum atomic E-state index is 0. The maximum absolute atomic E-state index is 12.4. The minimum Gasteiger partial charge on any atom is -0.483 e. The van der Waals surface area contributed by atoms with Gasteiger partial charge in [0.25, 0.3) is 5.91 Å². The van der Waals surface area contributed by atoms with Gasteiger partial charge >= 0.3 is 0 Å². The van der Waals surface area contributed by atoms with Crippen molar-refractivity contribution in [3.63, 3.8) is 0 Å². The normalized spacial score (nSPS) is 32.4. The molecule has 1 aromatic carbocycles. The molecule has 4 saturated carbocycles. The standard InChI is InChI=1S/C25H36N2O3.ClH/c1-18(25-13-19-10-20(14-25)12-21(11-19)15-25)26-16-22-4-2-3-5-23(22)30-17-24(28)27-6-8-29-9-7-27;/h2-5,18-21,26H,6-17H2,1H3;1H. The zero-order valence-electron chi connectivity index (χ0n) is 18.7. The molecule has 1 aromatic rings. The SMILES string of the molecule is CC(NCc1ccccc1OCC(=O)N1CCOCC1)C12CC3CC(CC(C3)C1)C2.Cl. The highest BCUT2D eigenvalue weighted by atomic mass is 35.5. The molecular weight excluding hydrogens is 412 g/mol. The zero-order valence-corrected chi connectivity index (χ0v) is 19.5. The second-order valence-electron chi connectivity index (χ2n) is 10.3. The van der Waals surface area contributed by atoms with Gasteiger partial charge in [0.2, 0.25) is 0 Å². The first kappa shape index (κ1) is 22.9. The van der Waals surface area contributed by atoms with Crippen LogP contribution in [0.2, 0.25) is 0 Å². The predicted octanol–water partition coefficient (Wildman–Crippen LogP) is 4.04. The number of morpholine rings is 1. The first-order chi connectivity index (χ1) is 14.6. The van der Waals surface area contributed by atoms with Crippen LogP contribution in [0.3, 0.4) is 0 Å². The van der Waals surface area contributed by atoms with Gasteiger partial charge < -0.3 is 19.7 Å². The Morgan fingerprint density at radius 2 is 1.74 bits per heavy atom. The van der Waals surface area contributed by atoms with Crippen molar-refractivity contribution in [1.82, 2.24) is 10.2 Å². The molecule has 5 aliphatic rings. The summed E-state index contributed by atoms with van der Waals surface area (Å²) in [7, 11) is 0. The van der Waals surface area contributed by atoms with Gasteiger partial charge in [-0.15, -0.1) is 12.4 Å². The molecule has 6 rings (SSSR count). The molecule has 0 radical (unpaired) electrons. The molecule has 0 spiro atoms. The predicted molar refractivity (Wildman–Crippen MR) is 123 cm³/mol. The van der Waals surface area contributed by atoms with E-state index < -0.39 is 0 Å². The van der Waals surface area contributed by atoms with E-state index in [1.54, 1.807) is 0 Å². The molecule has 1 atom stereocenters. The van der Waals surface area contributed by atoms with Gasteiger partial charge in [-0.1, -0.05) is 18.2 Å². The quantitative estimate of drug-likeness (QED) is 0.683. The highest BCUT2D eigenvalue weighted by molar-refractivity contribution is 5.85. The Morgan fingerprint density at radius 1 is 1.13 bits per heavy atom. The van der Waals surface area contributed by atoms with Gasteiger partial charge in [0.15, 0.2) is 6.61 Å². The van der Waals surface area contributed by atoms with Gasteiger partial charge in [0.1, 0.15) is 5.75 Å². The number of nitrogens with one attached hydrogen (secondary N) is 1. The van der Waals surface area contributed by atoms with Crippen molar-refractivity contribution < 1.29 is 14.3 Å². The van der Waals surface area contributed by atoms with Gasteiger partial charge in [-0.25, -0.2) is 0 Å². The second kappa shape index (κ2) is 9.68. The lowest BCUT2D eigenvalue weighted by molar-refractivity contribution is -0.137. The number of ether oxygens (including phenoxy) is 2. The molecule has 172 valence electrons. The third-order valence-electron chi connectivity index (χ3n) is 8.29. The fourth-order valence-corrected chi connectivity index (χ4v) is 7.02. The van der Waals surface area contributed by atoms with Crippen LogP contribution in [-0.2, 0) is 16.1 Å². The third kappa shape index (κ3) is 4.89. The lowest BCUT2D eigenvalue weighted by Gasteiger charge is -2.59. The summed E-state index contributed by atoms with van der Waals surface area (Å²) in [5, 5.41) is 3.86. The molecule has 1 N–H and O–H groups in total. The van der Waals surface area contributed by atoms with E-state index in [0.29, 0.717) is 37.8 Å². The summed E-state index contributed by atoms with van der Waals surface area (Å²) < 4.78 is 11.3. The zero-order chi connectivity index (χ0) is 20.6. The Labute approximate surface area is 192 Å². The number of benzene rings is 1. The van der Waals surface area contributed by atoms with Gasteiger partial charge in [-0.3, -0.25) is 4.79 Å². The smallest absolute Gasteiger partial charge is 0.260 e. The molecule has 1 heterocycles. The van der Waals surface area contributed by atoms with Gasteiger partial charge in [0.05, 0.1) is 13.2 Å². The fourth-order valence-electron chi connectivity index (χ4n) is 7.02. The van der Waals surface area contributed by atoms with Crippen LogP contribution in [0.15, 0.2) is 24.3 Å². The summed E-state index contributed by atoms with van der Waals surface area (Å²) >= 11 is 0. The Hall–Kier alpha value is -1.30. The van der Waals surface area contributed by atoms with Crippen LogP contribution in [0.25, 0.3) is 0 Å². The first-order valence-corrected chi connectivity index (χ1v) is 11.9. The molecule has 5 nitrogen and oxygen atoms in total. The molecule has 6 heteroatoms. The van der Waals surface area contributed by atoms with Gasteiger partial charge in [-0.05, 0) is 74.7 Å². The maximum Gasteiger partial charge on any atom is 0.260 e. The molecule has 4 aliphatic carbocycles. The molecule has 4 bridgehead atoms. The second-order valence-corrected chi connectivity index (χ2v) is 10.3. The maximum atomic E-state index is 12.4. The fraction of sp³-hybridized carbons (Fsp3) is 0.720. The van der Waals surface area contributed by atoms with E-state index in [9.17, 15) is 4.79 Å². The van der Waals surface area contributed by atoms with Crippen molar-refractivity contribution in [2.24, 2.45) is 23.2 Å². The summed E-state index contributed by atoms with van der Waals surface area (Å²) in [4.78, 5) is 14.3. The number of para-hydroxylation sites is 1. The molecule has 31 heavy (non-hydrogen) atoms. The molecule has 1 aliphatic heterocycles. The van der Waals surface area contributed by atoms with Crippen molar-refractivity contribution in [2.75, 3.05) is 32.9 Å². The Morgan fingerprint density at radius 3 is 2.39 bits per heavy atom. The third-order valence-corrected chi connectivity index (χ3v) is 8.29. The number of hydrogen-bond donors (Lipinski definition) is 1. The molecule has 5 fully saturated rings. The number of nitrogens with zero attached hydrogens (tertiary/aromatic N) is 1. The molecule has 1 amide bonds. The summed E-state index contributed by atoms with van der Waals surface area (Å²) in [6.45, 7) is 5.86.